The SMILES string of the molecule is CCCC(C)N1C(=O)C(C(C)CC)NC1C. The van der Waals surface area contributed by atoms with E-state index in [1.54, 1.807) is 0 Å². The fraction of sp³-hybridized carbons (Fsp3) is 0.923. The number of hydrogen-bond acceptors (Lipinski definition) is 2. The van der Waals surface area contributed by atoms with E-state index in [0.29, 0.717) is 17.9 Å². The number of rotatable bonds is 5. The molecule has 4 atom stereocenters. The first kappa shape index (κ1) is 13.5. The van der Waals surface area contributed by atoms with E-state index in [2.05, 4.69) is 39.9 Å². The van der Waals surface area contributed by atoms with Gasteiger partial charge < -0.3 is 4.90 Å². The largest absolute Gasteiger partial charge is 0.323 e. The molecule has 94 valence electrons. The molecule has 0 spiro atoms. The highest BCUT2D eigenvalue weighted by Crippen LogP contribution is 2.22. The van der Waals surface area contributed by atoms with Crippen LogP contribution in [0, 0.1) is 5.92 Å². The van der Waals surface area contributed by atoms with Crippen LogP contribution in [0.25, 0.3) is 0 Å². The summed E-state index contributed by atoms with van der Waals surface area (Å²) in [5, 5.41) is 3.42. The number of amides is 1. The second-order valence-electron chi connectivity index (χ2n) is 5.09. The molecule has 1 N–H and O–H groups in total. The quantitative estimate of drug-likeness (QED) is 0.780. The van der Waals surface area contributed by atoms with Gasteiger partial charge in [0, 0.05) is 6.04 Å². The highest BCUT2D eigenvalue weighted by Gasteiger charge is 2.40. The van der Waals surface area contributed by atoms with Crippen molar-refractivity contribution in [3.63, 3.8) is 0 Å². The Hall–Kier alpha value is -0.570. The molecule has 4 unspecified atom stereocenters. The monoisotopic (exact) mass is 226 g/mol. The molecule has 16 heavy (non-hydrogen) atoms. The summed E-state index contributed by atoms with van der Waals surface area (Å²) in [7, 11) is 0. The molecule has 0 bridgehead atoms. The summed E-state index contributed by atoms with van der Waals surface area (Å²) in [5.74, 6) is 0.719. The van der Waals surface area contributed by atoms with E-state index in [-0.39, 0.29) is 12.2 Å². The molecule has 1 aliphatic rings. The van der Waals surface area contributed by atoms with Crippen molar-refractivity contribution in [3.8, 4) is 0 Å². The van der Waals surface area contributed by atoms with E-state index < -0.39 is 0 Å². The van der Waals surface area contributed by atoms with E-state index in [9.17, 15) is 4.79 Å². The first-order valence-electron chi connectivity index (χ1n) is 6.61. The van der Waals surface area contributed by atoms with Gasteiger partial charge in [-0.05, 0) is 26.2 Å². The van der Waals surface area contributed by atoms with Crippen molar-refractivity contribution in [2.24, 2.45) is 5.92 Å². The number of carbonyl (C=O) groups excluding carboxylic acids is 1. The molecule has 1 rings (SSSR count). The van der Waals surface area contributed by atoms with Crippen LogP contribution in [-0.2, 0) is 4.79 Å². The van der Waals surface area contributed by atoms with Crippen molar-refractivity contribution in [3.05, 3.63) is 0 Å². The maximum atomic E-state index is 12.3. The Kier molecular flexibility index (Phi) is 4.78. The number of carbonyl (C=O) groups is 1. The lowest BCUT2D eigenvalue weighted by Gasteiger charge is -2.28. The van der Waals surface area contributed by atoms with Crippen LogP contribution < -0.4 is 5.32 Å². The highest BCUT2D eigenvalue weighted by atomic mass is 16.2. The van der Waals surface area contributed by atoms with E-state index in [1.807, 2.05) is 4.90 Å². The summed E-state index contributed by atoms with van der Waals surface area (Å²) in [6, 6.07) is 0.383. The van der Waals surface area contributed by atoms with Crippen LogP contribution in [0.1, 0.15) is 53.9 Å². The zero-order chi connectivity index (χ0) is 12.3. The molecule has 3 nitrogen and oxygen atoms in total. The third-order valence-corrected chi connectivity index (χ3v) is 3.75. The van der Waals surface area contributed by atoms with Gasteiger partial charge in [-0.2, -0.15) is 0 Å². The molecule has 0 aromatic heterocycles. The highest BCUT2D eigenvalue weighted by molar-refractivity contribution is 5.84. The smallest absolute Gasteiger partial charge is 0.241 e. The number of hydrogen-bond donors (Lipinski definition) is 1. The first-order valence-corrected chi connectivity index (χ1v) is 6.61. The minimum Gasteiger partial charge on any atom is -0.323 e. The van der Waals surface area contributed by atoms with Crippen molar-refractivity contribution in [2.45, 2.75) is 72.1 Å². The summed E-state index contributed by atoms with van der Waals surface area (Å²) in [5.41, 5.74) is 0. The van der Waals surface area contributed by atoms with Gasteiger partial charge in [0.25, 0.3) is 0 Å². The van der Waals surface area contributed by atoms with Crippen LogP contribution in [0.5, 0.6) is 0 Å². The average Bonchev–Trinajstić information content (AvgIpc) is 2.53. The molecule has 0 radical (unpaired) electrons. The Balaban J connectivity index is 2.70. The zero-order valence-corrected chi connectivity index (χ0v) is 11.3. The van der Waals surface area contributed by atoms with Crippen LogP contribution in [0.2, 0.25) is 0 Å². The van der Waals surface area contributed by atoms with Gasteiger partial charge in [-0.15, -0.1) is 0 Å². The topological polar surface area (TPSA) is 32.3 Å². The van der Waals surface area contributed by atoms with Gasteiger partial charge in [0.1, 0.15) is 0 Å². The summed E-state index contributed by atoms with van der Waals surface area (Å²) < 4.78 is 0. The molecule has 1 amide bonds. The minimum atomic E-state index is 0.0271. The molecule has 1 aliphatic heterocycles. The Morgan fingerprint density at radius 2 is 2.00 bits per heavy atom. The molecule has 1 fully saturated rings. The summed E-state index contributed by atoms with van der Waals surface area (Å²) in [6.45, 7) is 10.7. The number of nitrogens with one attached hydrogen (secondary N) is 1. The van der Waals surface area contributed by atoms with Crippen molar-refractivity contribution in [1.82, 2.24) is 10.2 Å². The second-order valence-corrected chi connectivity index (χ2v) is 5.09. The number of nitrogens with zero attached hydrogens (tertiary/aromatic N) is 1. The van der Waals surface area contributed by atoms with Crippen LogP contribution in [-0.4, -0.2) is 29.1 Å². The van der Waals surface area contributed by atoms with Gasteiger partial charge in [-0.3, -0.25) is 10.1 Å². The van der Waals surface area contributed by atoms with Gasteiger partial charge in [-0.1, -0.05) is 33.6 Å². The first-order chi connectivity index (χ1) is 7.52. The molecule has 1 saturated heterocycles. The maximum Gasteiger partial charge on any atom is 0.241 e. The van der Waals surface area contributed by atoms with E-state index in [1.165, 1.54) is 0 Å². The van der Waals surface area contributed by atoms with Gasteiger partial charge in [-0.25, -0.2) is 0 Å². The minimum absolute atomic E-state index is 0.0271. The molecule has 0 aromatic carbocycles. The van der Waals surface area contributed by atoms with Crippen molar-refractivity contribution in [2.75, 3.05) is 0 Å². The van der Waals surface area contributed by atoms with Crippen LogP contribution in [0.3, 0.4) is 0 Å². The molecule has 3 heteroatoms. The van der Waals surface area contributed by atoms with Gasteiger partial charge in [0.05, 0.1) is 12.2 Å². The van der Waals surface area contributed by atoms with Crippen molar-refractivity contribution < 1.29 is 4.79 Å². The molecule has 0 aromatic rings. The predicted octanol–water partition coefficient (Wildman–Crippen LogP) is 2.37. The maximum absolute atomic E-state index is 12.3. The predicted molar refractivity (Wildman–Crippen MR) is 67.1 cm³/mol. The summed E-state index contributed by atoms with van der Waals surface area (Å²) in [6.07, 6.45) is 3.45. The normalized spacial score (nSPS) is 29.6. The summed E-state index contributed by atoms with van der Waals surface area (Å²) >= 11 is 0. The third-order valence-electron chi connectivity index (χ3n) is 3.75. The van der Waals surface area contributed by atoms with E-state index in [0.717, 1.165) is 19.3 Å². The fourth-order valence-electron chi connectivity index (χ4n) is 2.56. The molecule has 0 aliphatic carbocycles. The molecule has 0 saturated carbocycles. The average molecular weight is 226 g/mol. The van der Waals surface area contributed by atoms with Crippen molar-refractivity contribution >= 4 is 5.91 Å². The Morgan fingerprint density at radius 1 is 1.38 bits per heavy atom. The van der Waals surface area contributed by atoms with Gasteiger partial charge in [0.2, 0.25) is 5.91 Å². The molecular formula is C13H26N2O. The van der Waals surface area contributed by atoms with E-state index >= 15 is 0 Å². The zero-order valence-electron chi connectivity index (χ0n) is 11.3. The summed E-state index contributed by atoms with van der Waals surface area (Å²) in [4.78, 5) is 14.3. The van der Waals surface area contributed by atoms with Crippen LogP contribution in [0.4, 0.5) is 0 Å². The lowest BCUT2D eigenvalue weighted by Crippen LogP contribution is -2.41. The Labute approximate surface area is 99.6 Å². The Morgan fingerprint density at radius 3 is 2.50 bits per heavy atom. The van der Waals surface area contributed by atoms with Crippen LogP contribution in [0.15, 0.2) is 0 Å². The van der Waals surface area contributed by atoms with Crippen molar-refractivity contribution in [1.29, 1.82) is 0 Å². The fourth-order valence-corrected chi connectivity index (χ4v) is 2.56. The van der Waals surface area contributed by atoms with E-state index in [4.69, 9.17) is 0 Å². The Bertz CT molecular complexity index is 242. The van der Waals surface area contributed by atoms with Gasteiger partial charge >= 0.3 is 0 Å². The second kappa shape index (κ2) is 5.67. The lowest BCUT2D eigenvalue weighted by atomic mass is 9.99. The van der Waals surface area contributed by atoms with Gasteiger partial charge in [0.15, 0.2) is 0 Å². The standard InChI is InChI=1S/C13H26N2O/c1-6-8-10(4)15-11(5)14-12(13(15)16)9(3)7-2/h9-12,14H,6-8H2,1-5H3. The van der Waals surface area contributed by atoms with Crippen LogP contribution >= 0.6 is 0 Å². The third kappa shape index (κ3) is 2.57. The molecule has 1 heterocycles. The lowest BCUT2D eigenvalue weighted by molar-refractivity contribution is -0.132. The molecular weight excluding hydrogens is 200 g/mol.